The Labute approximate surface area is 141 Å². The van der Waals surface area contributed by atoms with Crippen LogP contribution in [0.15, 0.2) is 18.2 Å². The van der Waals surface area contributed by atoms with Gasteiger partial charge >= 0.3 is 0 Å². The molecule has 24 heavy (non-hydrogen) atoms. The zero-order valence-electron chi connectivity index (χ0n) is 13.6. The highest BCUT2D eigenvalue weighted by Gasteiger charge is 2.27. The van der Waals surface area contributed by atoms with Crippen LogP contribution in [0, 0.1) is 11.6 Å². The van der Waals surface area contributed by atoms with E-state index in [2.05, 4.69) is 5.32 Å². The molecule has 0 unspecified atom stereocenters. The van der Waals surface area contributed by atoms with Crippen molar-refractivity contribution in [3.05, 3.63) is 35.4 Å². The lowest BCUT2D eigenvalue weighted by molar-refractivity contribution is 0.0948. The van der Waals surface area contributed by atoms with E-state index in [1.54, 1.807) is 0 Å². The fourth-order valence-electron chi connectivity index (χ4n) is 3.01. The van der Waals surface area contributed by atoms with Gasteiger partial charge in [0.2, 0.25) is 10.0 Å². The second kappa shape index (κ2) is 8.02. The average Bonchev–Trinajstić information content (AvgIpc) is 2.53. The van der Waals surface area contributed by atoms with E-state index < -0.39 is 27.6 Å². The van der Waals surface area contributed by atoms with Crippen molar-refractivity contribution in [2.24, 2.45) is 0 Å². The Morgan fingerprint density at radius 2 is 1.88 bits per heavy atom. The minimum atomic E-state index is -3.37. The number of benzene rings is 1. The third-order valence-electron chi connectivity index (χ3n) is 4.21. The zero-order valence-corrected chi connectivity index (χ0v) is 14.4. The van der Waals surface area contributed by atoms with Crippen molar-refractivity contribution in [2.45, 2.75) is 38.1 Å². The van der Waals surface area contributed by atoms with Crippen molar-refractivity contribution in [3.63, 3.8) is 0 Å². The first-order chi connectivity index (χ1) is 11.3. The number of amides is 1. The first-order valence-electron chi connectivity index (χ1n) is 7.99. The van der Waals surface area contributed by atoms with Gasteiger partial charge in [-0.3, -0.25) is 4.79 Å². The molecule has 1 aliphatic rings. The Morgan fingerprint density at radius 3 is 2.46 bits per heavy atom. The van der Waals surface area contributed by atoms with Gasteiger partial charge in [-0.1, -0.05) is 19.3 Å². The van der Waals surface area contributed by atoms with Crippen LogP contribution in [-0.4, -0.2) is 44.0 Å². The molecule has 1 N–H and O–H groups in total. The summed E-state index contributed by atoms with van der Waals surface area (Å²) >= 11 is 0. The van der Waals surface area contributed by atoms with E-state index >= 15 is 0 Å². The largest absolute Gasteiger partial charge is 0.351 e. The number of hydrogen-bond donors (Lipinski definition) is 1. The van der Waals surface area contributed by atoms with Gasteiger partial charge in [-0.15, -0.1) is 0 Å². The predicted molar refractivity (Wildman–Crippen MR) is 87.1 cm³/mol. The van der Waals surface area contributed by atoms with Crippen LogP contribution in [0.3, 0.4) is 0 Å². The van der Waals surface area contributed by atoms with E-state index in [0.717, 1.165) is 44.2 Å². The maximum Gasteiger partial charge on any atom is 0.251 e. The number of sulfonamides is 1. The van der Waals surface area contributed by atoms with Crippen LogP contribution in [0.5, 0.6) is 0 Å². The molecule has 134 valence electrons. The minimum absolute atomic E-state index is 0.00234. The molecular formula is C16H22F2N2O3S. The third-order valence-corrected chi connectivity index (χ3v) is 5.54. The molecule has 0 radical (unpaired) electrons. The number of hydrogen-bond acceptors (Lipinski definition) is 3. The van der Waals surface area contributed by atoms with Gasteiger partial charge in [0.15, 0.2) is 11.6 Å². The van der Waals surface area contributed by atoms with Gasteiger partial charge in [-0.25, -0.2) is 17.2 Å². The second-order valence-electron chi connectivity index (χ2n) is 6.05. The van der Waals surface area contributed by atoms with E-state index in [-0.39, 0.29) is 24.7 Å². The van der Waals surface area contributed by atoms with Gasteiger partial charge in [0.1, 0.15) is 0 Å². The van der Waals surface area contributed by atoms with Crippen molar-refractivity contribution in [1.82, 2.24) is 9.62 Å². The summed E-state index contributed by atoms with van der Waals surface area (Å²) in [6.07, 6.45) is 5.92. The van der Waals surface area contributed by atoms with Crippen molar-refractivity contribution < 1.29 is 22.0 Å². The smallest absolute Gasteiger partial charge is 0.251 e. The molecule has 0 saturated heterocycles. The number of rotatable bonds is 6. The summed E-state index contributed by atoms with van der Waals surface area (Å²) in [5.41, 5.74) is -0.00234. The lowest BCUT2D eigenvalue weighted by atomic mass is 9.95. The first-order valence-corrected chi connectivity index (χ1v) is 9.84. The SMILES string of the molecule is CS(=O)(=O)N(CCNC(=O)c1ccc(F)c(F)c1)C1CCCCC1. The van der Waals surface area contributed by atoms with Gasteiger partial charge in [-0.05, 0) is 31.0 Å². The predicted octanol–water partition coefficient (Wildman–Crippen LogP) is 2.29. The second-order valence-corrected chi connectivity index (χ2v) is 7.99. The number of halogens is 2. The molecule has 5 nitrogen and oxygen atoms in total. The van der Waals surface area contributed by atoms with Crippen LogP contribution in [0.25, 0.3) is 0 Å². The van der Waals surface area contributed by atoms with Crippen LogP contribution < -0.4 is 5.32 Å². The van der Waals surface area contributed by atoms with Crippen LogP contribution >= 0.6 is 0 Å². The summed E-state index contributed by atoms with van der Waals surface area (Å²) < 4.78 is 51.4. The van der Waals surface area contributed by atoms with Crippen molar-refractivity contribution in [3.8, 4) is 0 Å². The van der Waals surface area contributed by atoms with E-state index in [4.69, 9.17) is 0 Å². The molecule has 0 aromatic heterocycles. The number of carbonyl (C=O) groups is 1. The van der Waals surface area contributed by atoms with E-state index in [1.165, 1.54) is 16.6 Å². The fraction of sp³-hybridized carbons (Fsp3) is 0.562. The number of nitrogens with one attached hydrogen (secondary N) is 1. The fourth-order valence-corrected chi connectivity index (χ4v) is 4.18. The summed E-state index contributed by atoms with van der Waals surface area (Å²) in [7, 11) is -3.37. The minimum Gasteiger partial charge on any atom is -0.351 e. The molecule has 8 heteroatoms. The van der Waals surface area contributed by atoms with Gasteiger partial charge < -0.3 is 5.32 Å². The topological polar surface area (TPSA) is 66.5 Å². The summed E-state index contributed by atoms with van der Waals surface area (Å²) in [4.78, 5) is 11.9. The van der Waals surface area contributed by atoms with E-state index in [1.807, 2.05) is 0 Å². The van der Waals surface area contributed by atoms with Crippen molar-refractivity contribution in [1.29, 1.82) is 0 Å². The number of carbonyl (C=O) groups excluding carboxylic acids is 1. The van der Waals surface area contributed by atoms with Gasteiger partial charge in [0, 0.05) is 24.7 Å². The Balaban J connectivity index is 1.94. The van der Waals surface area contributed by atoms with Crippen molar-refractivity contribution >= 4 is 15.9 Å². The molecule has 0 heterocycles. The molecular weight excluding hydrogens is 338 g/mol. The van der Waals surface area contributed by atoms with Crippen LogP contribution in [-0.2, 0) is 10.0 Å². The lowest BCUT2D eigenvalue weighted by Gasteiger charge is -2.32. The third kappa shape index (κ3) is 4.98. The quantitative estimate of drug-likeness (QED) is 0.846. The molecule has 1 fully saturated rings. The first kappa shape index (κ1) is 18.8. The van der Waals surface area contributed by atoms with E-state index in [9.17, 15) is 22.0 Å². The highest BCUT2D eigenvalue weighted by molar-refractivity contribution is 7.88. The molecule has 0 bridgehead atoms. The van der Waals surface area contributed by atoms with Gasteiger partial charge in [-0.2, -0.15) is 4.31 Å². The molecule has 1 aromatic rings. The molecule has 2 rings (SSSR count). The zero-order chi connectivity index (χ0) is 17.7. The molecule has 1 aliphatic carbocycles. The van der Waals surface area contributed by atoms with Gasteiger partial charge in [0.25, 0.3) is 5.91 Å². The molecule has 1 amide bonds. The molecule has 1 aromatic carbocycles. The average molecular weight is 360 g/mol. The monoisotopic (exact) mass is 360 g/mol. The van der Waals surface area contributed by atoms with Crippen LogP contribution in [0.4, 0.5) is 8.78 Å². The maximum absolute atomic E-state index is 13.1. The van der Waals surface area contributed by atoms with Crippen molar-refractivity contribution in [2.75, 3.05) is 19.3 Å². The molecule has 0 spiro atoms. The Kier molecular flexibility index (Phi) is 6.28. The highest BCUT2D eigenvalue weighted by Crippen LogP contribution is 2.24. The standard InChI is InChI=1S/C16H22F2N2O3S/c1-24(22,23)20(13-5-3-2-4-6-13)10-9-19-16(21)12-7-8-14(17)15(18)11-12/h7-8,11,13H,2-6,9-10H2,1H3,(H,19,21). The maximum atomic E-state index is 13.1. The Morgan fingerprint density at radius 1 is 1.21 bits per heavy atom. The summed E-state index contributed by atoms with van der Waals surface area (Å²) in [6, 6.07) is 2.85. The summed E-state index contributed by atoms with van der Waals surface area (Å²) in [5.74, 6) is -2.68. The summed E-state index contributed by atoms with van der Waals surface area (Å²) in [6.45, 7) is 0.278. The molecule has 1 saturated carbocycles. The highest BCUT2D eigenvalue weighted by atomic mass is 32.2. The van der Waals surface area contributed by atoms with Crippen LogP contribution in [0.2, 0.25) is 0 Å². The van der Waals surface area contributed by atoms with Gasteiger partial charge in [0.05, 0.1) is 6.26 Å². The lowest BCUT2D eigenvalue weighted by Crippen LogP contribution is -2.45. The Bertz CT molecular complexity index is 689. The van der Waals surface area contributed by atoms with E-state index in [0.29, 0.717) is 0 Å². The van der Waals surface area contributed by atoms with Crippen LogP contribution in [0.1, 0.15) is 42.5 Å². The molecule has 0 atom stereocenters. The summed E-state index contributed by atoms with van der Waals surface area (Å²) in [5, 5.41) is 2.55. The molecule has 0 aliphatic heterocycles. The Hall–Kier alpha value is -1.54. The normalized spacial score (nSPS) is 16.3. The number of nitrogens with zero attached hydrogens (tertiary/aromatic N) is 1.